The summed E-state index contributed by atoms with van der Waals surface area (Å²) >= 11 is 3.87. The molecule has 2 aromatic rings. The Labute approximate surface area is 98.7 Å². The van der Waals surface area contributed by atoms with Gasteiger partial charge in [0.25, 0.3) is 5.78 Å². The summed E-state index contributed by atoms with van der Waals surface area (Å²) in [7, 11) is 0. The van der Waals surface area contributed by atoms with Crippen LogP contribution < -0.4 is 0 Å². The van der Waals surface area contributed by atoms with Gasteiger partial charge in [0.15, 0.2) is 11.5 Å². The number of aliphatic hydroxyl groups excluding tert-OH is 1. The number of thiol groups is 1. The second kappa shape index (κ2) is 3.84. The molecule has 0 amide bonds. The van der Waals surface area contributed by atoms with Gasteiger partial charge < -0.3 is 5.11 Å². The second-order valence-electron chi connectivity index (χ2n) is 3.36. The third-order valence-corrected chi connectivity index (χ3v) is 2.29. The fraction of sp³-hybridized carbons (Fsp3) is 0.375. The molecule has 0 spiro atoms. The van der Waals surface area contributed by atoms with Crippen LogP contribution in [0.2, 0.25) is 0 Å². The molecule has 9 heteroatoms. The van der Waals surface area contributed by atoms with Crippen molar-refractivity contribution in [2.45, 2.75) is 24.2 Å². The minimum absolute atomic E-state index is 0.00729. The highest BCUT2D eigenvalue weighted by molar-refractivity contribution is 7.80. The van der Waals surface area contributed by atoms with Gasteiger partial charge in [0.05, 0.1) is 0 Å². The monoisotopic (exact) mass is 264 g/mol. The van der Waals surface area contributed by atoms with Crippen molar-refractivity contribution < 1.29 is 18.3 Å². The van der Waals surface area contributed by atoms with E-state index < -0.39 is 18.0 Å². The van der Waals surface area contributed by atoms with Gasteiger partial charge in [0.2, 0.25) is 0 Å². The quantitative estimate of drug-likeness (QED) is 0.605. The summed E-state index contributed by atoms with van der Waals surface area (Å²) in [6.45, 7) is 1.40. The molecule has 0 saturated heterocycles. The lowest BCUT2D eigenvalue weighted by atomic mass is 10.4. The van der Waals surface area contributed by atoms with Crippen LogP contribution in [0.5, 0.6) is 0 Å². The number of fused-ring (bicyclic) bond motifs is 1. The molecule has 17 heavy (non-hydrogen) atoms. The van der Waals surface area contributed by atoms with Crippen molar-refractivity contribution in [3.8, 4) is 0 Å². The molecule has 2 rings (SSSR count). The predicted octanol–water partition coefficient (Wildman–Crippen LogP) is 1.49. The van der Waals surface area contributed by atoms with Crippen molar-refractivity contribution in [1.82, 2.24) is 19.6 Å². The molecule has 1 atom stereocenters. The van der Waals surface area contributed by atoms with Crippen molar-refractivity contribution >= 4 is 18.4 Å². The summed E-state index contributed by atoms with van der Waals surface area (Å²) in [5.41, 5.74) is -1.10. The second-order valence-corrected chi connectivity index (χ2v) is 3.81. The van der Waals surface area contributed by atoms with Crippen LogP contribution in [0.15, 0.2) is 11.1 Å². The largest absolute Gasteiger partial charge is 0.433 e. The molecule has 0 aromatic carbocycles. The fourth-order valence-electron chi connectivity index (χ4n) is 1.19. The zero-order valence-corrected chi connectivity index (χ0v) is 9.37. The van der Waals surface area contributed by atoms with E-state index in [1.165, 1.54) is 6.92 Å². The molecule has 2 aromatic heterocycles. The van der Waals surface area contributed by atoms with Gasteiger partial charge in [-0.3, -0.25) is 0 Å². The Bertz CT molecular complexity index is 566. The first-order valence-corrected chi connectivity index (χ1v) is 4.95. The zero-order chi connectivity index (χ0) is 12.8. The molecule has 2 heterocycles. The number of hydrogen-bond acceptors (Lipinski definition) is 5. The van der Waals surface area contributed by atoms with E-state index in [1.54, 1.807) is 0 Å². The molecule has 0 aliphatic carbocycles. The number of nitrogens with zero attached hydrogens (tertiary/aromatic N) is 4. The van der Waals surface area contributed by atoms with Gasteiger partial charge in [-0.25, -0.2) is 4.98 Å². The Balaban J connectivity index is 2.65. The van der Waals surface area contributed by atoms with Crippen molar-refractivity contribution in [2.75, 3.05) is 0 Å². The van der Waals surface area contributed by atoms with Gasteiger partial charge in [0, 0.05) is 6.07 Å². The molecule has 0 radical (unpaired) electrons. The minimum atomic E-state index is -4.57. The van der Waals surface area contributed by atoms with Crippen LogP contribution in [0.3, 0.4) is 0 Å². The molecule has 0 aliphatic heterocycles. The Kier molecular flexibility index (Phi) is 2.74. The van der Waals surface area contributed by atoms with Gasteiger partial charge in [-0.2, -0.15) is 22.7 Å². The predicted molar refractivity (Wildman–Crippen MR) is 53.7 cm³/mol. The maximum atomic E-state index is 12.5. The lowest BCUT2D eigenvalue weighted by Gasteiger charge is -2.05. The highest BCUT2D eigenvalue weighted by atomic mass is 32.1. The first-order chi connectivity index (χ1) is 7.79. The van der Waals surface area contributed by atoms with Gasteiger partial charge in [-0.1, -0.05) is 0 Å². The van der Waals surface area contributed by atoms with Gasteiger partial charge in [-0.15, -0.1) is 17.7 Å². The molecule has 92 valence electrons. The third kappa shape index (κ3) is 2.20. The average Bonchev–Trinajstić information content (AvgIpc) is 2.60. The Morgan fingerprint density at radius 3 is 2.59 bits per heavy atom. The molecule has 5 nitrogen and oxygen atoms in total. The number of halogens is 3. The third-order valence-electron chi connectivity index (χ3n) is 1.97. The Morgan fingerprint density at radius 1 is 1.41 bits per heavy atom. The van der Waals surface area contributed by atoms with Gasteiger partial charge in [0.1, 0.15) is 11.1 Å². The molecular weight excluding hydrogens is 257 g/mol. The van der Waals surface area contributed by atoms with Crippen LogP contribution in [0, 0.1) is 0 Å². The van der Waals surface area contributed by atoms with E-state index in [2.05, 4.69) is 27.7 Å². The topological polar surface area (TPSA) is 63.3 Å². The van der Waals surface area contributed by atoms with E-state index in [-0.39, 0.29) is 16.6 Å². The van der Waals surface area contributed by atoms with Gasteiger partial charge in [-0.05, 0) is 6.92 Å². The zero-order valence-electron chi connectivity index (χ0n) is 8.47. The van der Waals surface area contributed by atoms with Crippen LogP contribution >= 0.6 is 12.6 Å². The van der Waals surface area contributed by atoms with Crippen molar-refractivity contribution in [3.63, 3.8) is 0 Å². The number of aliphatic hydroxyl groups is 1. The summed E-state index contributed by atoms with van der Waals surface area (Å²) in [6.07, 6.45) is -5.56. The number of aromatic nitrogens is 4. The van der Waals surface area contributed by atoms with Crippen molar-refractivity contribution in [3.05, 3.63) is 17.6 Å². The first-order valence-electron chi connectivity index (χ1n) is 4.51. The fourth-order valence-corrected chi connectivity index (χ4v) is 1.45. The lowest BCUT2D eigenvalue weighted by molar-refractivity contribution is -0.141. The van der Waals surface area contributed by atoms with E-state index in [1.807, 2.05) is 0 Å². The maximum absolute atomic E-state index is 12.5. The molecule has 0 bridgehead atoms. The van der Waals surface area contributed by atoms with Crippen LogP contribution in [0.4, 0.5) is 13.2 Å². The standard InChI is InChI=1S/C8H7F3N4OS/c1-3(16)6-13-7-12-4(8(9,10)11)2-5(17)15(7)14-6/h2-3,16-17H,1H3. The van der Waals surface area contributed by atoms with Crippen molar-refractivity contribution in [2.24, 2.45) is 0 Å². The van der Waals surface area contributed by atoms with E-state index in [0.717, 1.165) is 10.6 Å². The van der Waals surface area contributed by atoms with E-state index in [4.69, 9.17) is 0 Å². The highest BCUT2D eigenvalue weighted by Gasteiger charge is 2.33. The van der Waals surface area contributed by atoms with E-state index >= 15 is 0 Å². The summed E-state index contributed by atoms with van der Waals surface area (Å²) < 4.78 is 38.4. The van der Waals surface area contributed by atoms with Crippen LogP contribution in [-0.2, 0) is 6.18 Å². The van der Waals surface area contributed by atoms with E-state index in [9.17, 15) is 18.3 Å². The smallest absolute Gasteiger partial charge is 0.385 e. The summed E-state index contributed by atoms with van der Waals surface area (Å²) in [5, 5.41) is 13.0. The average molecular weight is 264 g/mol. The minimum Gasteiger partial charge on any atom is -0.385 e. The molecule has 0 saturated carbocycles. The summed E-state index contributed by atoms with van der Waals surface area (Å²) in [4.78, 5) is 7.00. The van der Waals surface area contributed by atoms with Gasteiger partial charge >= 0.3 is 6.18 Å². The number of rotatable bonds is 1. The molecule has 0 aliphatic rings. The molecule has 1 N–H and O–H groups in total. The first kappa shape index (κ1) is 12.1. The summed E-state index contributed by atoms with van der Waals surface area (Å²) in [6, 6.07) is 0.747. The van der Waals surface area contributed by atoms with Crippen molar-refractivity contribution in [1.29, 1.82) is 0 Å². The maximum Gasteiger partial charge on any atom is 0.433 e. The molecule has 1 unspecified atom stereocenters. The van der Waals surface area contributed by atoms with E-state index in [0.29, 0.717) is 0 Å². The lowest BCUT2D eigenvalue weighted by Crippen LogP contribution is -2.10. The summed E-state index contributed by atoms with van der Waals surface area (Å²) in [5.74, 6) is -0.257. The highest BCUT2D eigenvalue weighted by Crippen LogP contribution is 2.29. The Hall–Kier alpha value is -1.35. The van der Waals surface area contributed by atoms with Crippen LogP contribution in [-0.4, -0.2) is 24.7 Å². The van der Waals surface area contributed by atoms with Crippen LogP contribution in [0.1, 0.15) is 24.5 Å². The number of hydrogen-bond donors (Lipinski definition) is 2. The van der Waals surface area contributed by atoms with Crippen LogP contribution in [0.25, 0.3) is 5.78 Å². The number of alkyl halides is 3. The normalized spacial score (nSPS) is 14.2. The molecular formula is C8H7F3N4OS. The Morgan fingerprint density at radius 2 is 2.06 bits per heavy atom. The SMILES string of the molecule is CC(O)c1nc2nc(C(F)(F)F)cc(S)n2n1. The molecule has 0 fully saturated rings.